The molecule has 0 aromatic rings. The molecule has 2 unspecified atom stereocenters. The van der Waals surface area contributed by atoms with Crippen LogP contribution in [0.4, 0.5) is 4.79 Å². The number of unbranched alkanes of at least 4 members (excludes halogenated alkanes) is 2. The van der Waals surface area contributed by atoms with Crippen LogP contribution >= 0.6 is 0 Å². The van der Waals surface area contributed by atoms with Crippen molar-refractivity contribution in [1.29, 1.82) is 0 Å². The number of piperidine rings is 1. The van der Waals surface area contributed by atoms with Crippen LogP contribution in [0.2, 0.25) is 0 Å². The van der Waals surface area contributed by atoms with Crippen molar-refractivity contribution in [3.05, 3.63) is 0 Å². The Kier molecular flexibility index (Phi) is 6.34. The maximum atomic E-state index is 11.8. The van der Waals surface area contributed by atoms with Gasteiger partial charge in [0.1, 0.15) is 6.23 Å². The number of hydrogen-bond acceptors (Lipinski definition) is 3. The number of amides is 1. The lowest BCUT2D eigenvalue weighted by atomic mass is 9.96. The summed E-state index contributed by atoms with van der Waals surface area (Å²) in [6.07, 6.45) is 7.41. The summed E-state index contributed by atoms with van der Waals surface area (Å²) in [6, 6.07) is 0.285. The predicted octanol–water partition coefficient (Wildman–Crippen LogP) is 3.16. The molecule has 0 bridgehead atoms. The number of carbonyl (C=O) groups is 1. The quantitative estimate of drug-likeness (QED) is 0.696. The van der Waals surface area contributed by atoms with Gasteiger partial charge in [-0.05, 0) is 25.7 Å². The highest BCUT2D eigenvalue weighted by molar-refractivity contribution is 5.68. The Morgan fingerprint density at radius 1 is 1.29 bits per heavy atom. The number of methoxy groups -OCH3 is 2. The maximum absolute atomic E-state index is 11.8. The fraction of sp³-hybridized carbons (Fsp3) is 0.923. The number of ether oxygens (including phenoxy) is 2. The smallest absolute Gasteiger partial charge is 0.411 e. The van der Waals surface area contributed by atoms with Gasteiger partial charge >= 0.3 is 6.09 Å². The molecular formula is C13H25NO3. The second-order valence-electron chi connectivity index (χ2n) is 4.65. The molecule has 1 aliphatic heterocycles. The third kappa shape index (κ3) is 3.87. The number of hydrogen-bond donors (Lipinski definition) is 0. The number of rotatable bonds is 5. The van der Waals surface area contributed by atoms with Gasteiger partial charge in [-0.3, -0.25) is 4.90 Å². The second kappa shape index (κ2) is 7.54. The summed E-state index contributed by atoms with van der Waals surface area (Å²) < 4.78 is 10.3. The standard InChI is InChI=1S/C13H25NO3/c1-4-5-6-8-11-9-7-10-12(16-2)14(11)13(15)17-3/h11-12H,4-10H2,1-3H3. The van der Waals surface area contributed by atoms with Crippen LogP contribution in [-0.2, 0) is 9.47 Å². The van der Waals surface area contributed by atoms with Crippen LogP contribution < -0.4 is 0 Å². The zero-order valence-corrected chi connectivity index (χ0v) is 11.3. The minimum Gasteiger partial charge on any atom is -0.453 e. The molecule has 0 N–H and O–H groups in total. The molecule has 0 spiro atoms. The SMILES string of the molecule is CCCCCC1CCCC(OC)N1C(=O)OC. The molecule has 0 aromatic heterocycles. The Bertz CT molecular complexity index is 233. The first kappa shape index (κ1) is 14.3. The van der Waals surface area contributed by atoms with E-state index >= 15 is 0 Å². The van der Waals surface area contributed by atoms with E-state index in [4.69, 9.17) is 9.47 Å². The van der Waals surface area contributed by atoms with Crippen LogP contribution in [0, 0.1) is 0 Å². The van der Waals surface area contributed by atoms with E-state index in [9.17, 15) is 4.79 Å². The summed E-state index contributed by atoms with van der Waals surface area (Å²) >= 11 is 0. The van der Waals surface area contributed by atoms with E-state index in [1.165, 1.54) is 26.4 Å². The molecule has 1 rings (SSSR count). The van der Waals surface area contributed by atoms with Gasteiger partial charge < -0.3 is 9.47 Å². The molecule has 17 heavy (non-hydrogen) atoms. The highest BCUT2D eigenvalue weighted by Gasteiger charge is 2.34. The van der Waals surface area contributed by atoms with Gasteiger partial charge in [-0.15, -0.1) is 0 Å². The Morgan fingerprint density at radius 3 is 2.65 bits per heavy atom. The van der Waals surface area contributed by atoms with E-state index in [1.54, 1.807) is 12.0 Å². The highest BCUT2D eigenvalue weighted by Crippen LogP contribution is 2.27. The third-order valence-corrected chi connectivity index (χ3v) is 3.49. The molecule has 1 aliphatic rings. The zero-order chi connectivity index (χ0) is 12.7. The van der Waals surface area contributed by atoms with E-state index in [0.717, 1.165) is 25.7 Å². The molecule has 1 saturated heterocycles. The van der Waals surface area contributed by atoms with Gasteiger partial charge in [-0.2, -0.15) is 0 Å². The lowest BCUT2D eigenvalue weighted by molar-refractivity contribution is -0.0710. The fourth-order valence-electron chi connectivity index (χ4n) is 2.56. The predicted molar refractivity (Wildman–Crippen MR) is 66.8 cm³/mol. The van der Waals surface area contributed by atoms with Crippen LogP contribution in [0.1, 0.15) is 51.9 Å². The Balaban J connectivity index is 2.60. The average molecular weight is 243 g/mol. The van der Waals surface area contributed by atoms with E-state index in [1.807, 2.05) is 0 Å². The monoisotopic (exact) mass is 243 g/mol. The molecule has 0 aromatic carbocycles. The van der Waals surface area contributed by atoms with Crippen LogP contribution in [-0.4, -0.2) is 37.5 Å². The van der Waals surface area contributed by atoms with Crippen LogP contribution in [0.3, 0.4) is 0 Å². The van der Waals surface area contributed by atoms with Gasteiger partial charge in [-0.1, -0.05) is 26.2 Å². The highest BCUT2D eigenvalue weighted by atomic mass is 16.6. The lowest BCUT2D eigenvalue weighted by Gasteiger charge is -2.40. The summed E-state index contributed by atoms with van der Waals surface area (Å²) in [4.78, 5) is 13.6. The molecule has 2 atom stereocenters. The normalized spacial score (nSPS) is 24.8. The van der Waals surface area contributed by atoms with Gasteiger partial charge in [0.25, 0.3) is 0 Å². The summed E-state index contributed by atoms with van der Waals surface area (Å²) in [5, 5.41) is 0. The van der Waals surface area contributed by atoms with Crippen molar-refractivity contribution in [2.45, 2.75) is 64.1 Å². The van der Waals surface area contributed by atoms with Gasteiger partial charge in [0.15, 0.2) is 0 Å². The molecule has 1 fully saturated rings. The van der Waals surface area contributed by atoms with Crippen LogP contribution in [0.15, 0.2) is 0 Å². The largest absolute Gasteiger partial charge is 0.453 e. The minimum absolute atomic E-state index is 0.108. The van der Waals surface area contributed by atoms with Gasteiger partial charge in [0.2, 0.25) is 0 Å². The molecule has 1 heterocycles. The first-order valence-corrected chi connectivity index (χ1v) is 6.63. The number of nitrogens with zero attached hydrogens (tertiary/aromatic N) is 1. The zero-order valence-electron chi connectivity index (χ0n) is 11.3. The fourth-order valence-corrected chi connectivity index (χ4v) is 2.56. The molecule has 4 heteroatoms. The van der Waals surface area contributed by atoms with Gasteiger partial charge in [0.05, 0.1) is 7.11 Å². The van der Waals surface area contributed by atoms with Crippen molar-refractivity contribution in [3.8, 4) is 0 Å². The van der Waals surface area contributed by atoms with E-state index in [-0.39, 0.29) is 18.4 Å². The van der Waals surface area contributed by atoms with Crippen molar-refractivity contribution in [3.63, 3.8) is 0 Å². The first-order valence-electron chi connectivity index (χ1n) is 6.63. The molecule has 1 amide bonds. The van der Waals surface area contributed by atoms with Crippen molar-refractivity contribution < 1.29 is 14.3 Å². The Morgan fingerprint density at radius 2 is 2.06 bits per heavy atom. The van der Waals surface area contributed by atoms with Crippen LogP contribution in [0.25, 0.3) is 0 Å². The summed E-state index contributed by atoms with van der Waals surface area (Å²) in [5.41, 5.74) is 0. The van der Waals surface area contributed by atoms with Gasteiger partial charge in [-0.25, -0.2) is 4.79 Å². The molecule has 100 valence electrons. The Labute approximate surface area is 104 Å². The number of carbonyl (C=O) groups excluding carboxylic acids is 1. The van der Waals surface area contributed by atoms with Crippen molar-refractivity contribution in [1.82, 2.24) is 4.90 Å². The first-order chi connectivity index (χ1) is 8.24. The third-order valence-electron chi connectivity index (χ3n) is 3.49. The van der Waals surface area contributed by atoms with E-state index < -0.39 is 0 Å². The van der Waals surface area contributed by atoms with E-state index in [2.05, 4.69) is 6.92 Å². The van der Waals surface area contributed by atoms with Gasteiger partial charge in [0, 0.05) is 13.2 Å². The topological polar surface area (TPSA) is 38.8 Å². The molecule has 0 saturated carbocycles. The molecular weight excluding hydrogens is 218 g/mol. The second-order valence-corrected chi connectivity index (χ2v) is 4.65. The maximum Gasteiger partial charge on any atom is 0.411 e. The molecule has 4 nitrogen and oxygen atoms in total. The molecule has 0 radical (unpaired) electrons. The summed E-state index contributed by atoms with van der Waals surface area (Å²) in [5.74, 6) is 0. The van der Waals surface area contributed by atoms with E-state index in [0.29, 0.717) is 0 Å². The van der Waals surface area contributed by atoms with Crippen molar-refractivity contribution in [2.75, 3.05) is 14.2 Å². The number of likely N-dealkylation sites (tertiary alicyclic amines) is 1. The Hall–Kier alpha value is -0.770. The summed E-state index contributed by atoms with van der Waals surface area (Å²) in [6.45, 7) is 2.19. The van der Waals surface area contributed by atoms with Crippen LogP contribution in [0.5, 0.6) is 0 Å². The van der Waals surface area contributed by atoms with Crippen molar-refractivity contribution >= 4 is 6.09 Å². The molecule has 0 aliphatic carbocycles. The lowest BCUT2D eigenvalue weighted by Crippen LogP contribution is -2.50. The average Bonchev–Trinajstić information content (AvgIpc) is 2.37. The van der Waals surface area contributed by atoms with Crippen molar-refractivity contribution in [2.24, 2.45) is 0 Å². The summed E-state index contributed by atoms with van der Waals surface area (Å²) in [7, 11) is 3.10. The minimum atomic E-state index is -0.252.